The molecule has 1 N–H and O–H groups in total. The highest BCUT2D eigenvalue weighted by Crippen LogP contribution is 2.24. The van der Waals surface area contributed by atoms with Crippen molar-refractivity contribution in [2.75, 3.05) is 23.3 Å². The van der Waals surface area contributed by atoms with Gasteiger partial charge in [-0.05, 0) is 56.3 Å². The number of rotatable bonds is 7. The minimum absolute atomic E-state index is 0.735. The monoisotopic (exact) mass is 334 g/mol. The first-order valence-corrected chi connectivity index (χ1v) is 8.46. The molecule has 0 radical (unpaired) electrons. The van der Waals surface area contributed by atoms with Gasteiger partial charge in [-0.25, -0.2) is 4.98 Å². The summed E-state index contributed by atoms with van der Waals surface area (Å²) in [5.74, 6) is 3.12. The van der Waals surface area contributed by atoms with Gasteiger partial charge in [0.1, 0.15) is 17.3 Å². The molecule has 0 fully saturated rings. The Morgan fingerprint density at radius 1 is 0.880 bits per heavy atom. The Hall–Kier alpha value is -3.08. The van der Waals surface area contributed by atoms with Crippen LogP contribution in [-0.2, 0) is 0 Å². The fraction of sp³-hybridized carbons (Fsp3) is 0.200. The Morgan fingerprint density at radius 2 is 1.56 bits per heavy atom. The van der Waals surface area contributed by atoms with Crippen molar-refractivity contribution in [2.24, 2.45) is 0 Å². The lowest BCUT2D eigenvalue weighted by atomic mass is 10.3. The number of hydrogen-bond acceptors (Lipinski definition) is 5. The van der Waals surface area contributed by atoms with Gasteiger partial charge < -0.3 is 15.0 Å². The Balaban J connectivity index is 1.68. The van der Waals surface area contributed by atoms with E-state index in [2.05, 4.69) is 34.0 Å². The van der Waals surface area contributed by atoms with Crippen LogP contribution in [0.3, 0.4) is 0 Å². The number of hydrogen-bond donors (Lipinski definition) is 1. The summed E-state index contributed by atoms with van der Waals surface area (Å²) in [4.78, 5) is 11.0. The third-order valence-electron chi connectivity index (χ3n) is 3.79. The molecule has 1 heterocycles. The number of nitrogens with one attached hydrogen (secondary N) is 1. The Kier molecular flexibility index (Phi) is 5.46. The lowest BCUT2D eigenvalue weighted by Crippen LogP contribution is -2.24. The van der Waals surface area contributed by atoms with Gasteiger partial charge in [-0.2, -0.15) is 4.98 Å². The number of benzene rings is 2. The molecule has 0 aliphatic carbocycles. The molecule has 0 saturated heterocycles. The topological polar surface area (TPSA) is 50.3 Å². The summed E-state index contributed by atoms with van der Waals surface area (Å²) in [6.07, 6.45) is 1.77. The van der Waals surface area contributed by atoms with Crippen molar-refractivity contribution in [1.29, 1.82) is 0 Å². The highest BCUT2D eigenvalue weighted by molar-refractivity contribution is 5.58. The molecule has 25 heavy (non-hydrogen) atoms. The van der Waals surface area contributed by atoms with Crippen molar-refractivity contribution in [1.82, 2.24) is 9.97 Å². The van der Waals surface area contributed by atoms with E-state index in [1.165, 1.54) is 0 Å². The summed E-state index contributed by atoms with van der Waals surface area (Å²) in [6.45, 7) is 5.95. The Morgan fingerprint density at radius 3 is 2.24 bits per heavy atom. The van der Waals surface area contributed by atoms with Gasteiger partial charge in [-0.3, -0.25) is 0 Å². The number of nitrogens with zero attached hydrogens (tertiary/aromatic N) is 3. The molecule has 0 saturated carbocycles. The van der Waals surface area contributed by atoms with Gasteiger partial charge in [0.15, 0.2) is 0 Å². The second-order valence-electron chi connectivity index (χ2n) is 5.48. The fourth-order valence-corrected chi connectivity index (χ4v) is 2.46. The van der Waals surface area contributed by atoms with E-state index in [0.29, 0.717) is 0 Å². The van der Waals surface area contributed by atoms with E-state index in [9.17, 15) is 0 Å². The molecule has 0 atom stereocenters. The number of para-hydroxylation sites is 1. The van der Waals surface area contributed by atoms with Crippen molar-refractivity contribution in [2.45, 2.75) is 13.8 Å². The van der Waals surface area contributed by atoms with Crippen molar-refractivity contribution in [3.63, 3.8) is 0 Å². The van der Waals surface area contributed by atoms with E-state index >= 15 is 0 Å². The Labute approximate surface area is 148 Å². The normalized spacial score (nSPS) is 10.3. The highest BCUT2D eigenvalue weighted by Gasteiger charge is 2.06. The molecule has 0 amide bonds. The average Bonchev–Trinajstić information content (AvgIpc) is 2.66. The van der Waals surface area contributed by atoms with Gasteiger partial charge >= 0.3 is 0 Å². The zero-order chi connectivity index (χ0) is 17.5. The minimum Gasteiger partial charge on any atom is -0.457 e. The van der Waals surface area contributed by atoms with Crippen LogP contribution in [0.1, 0.15) is 13.8 Å². The molecule has 128 valence electrons. The highest BCUT2D eigenvalue weighted by atomic mass is 16.5. The summed E-state index contributed by atoms with van der Waals surface area (Å²) in [6, 6.07) is 19.4. The third kappa shape index (κ3) is 4.47. The first-order valence-electron chi connectivity index (χ1n) is 8.46. The zero-order valence-electron chi connectivity index (χ0n) is 14.5. The third-order valence-corrected chi connectivity index (χ3v) is 3.79. The second-order valence-corrected chi connectivity index (χ2v) is 5.48. The largest absolute Gasteiger partial charge is 0.457 e. The number of aromatic nitrogens is 2. The van der Waals surface area contributed by atoms with E-state index in [0.717, 1.165) is 42.0 Å². The summed E-state index contributed by atoms with van der Waals surface area (Å²) >= 11 is 0. The molecule has 3 rings (SSSR count). The second kappa shape index (κ2) is 8.15. The van der Waals surface area contributed by atoms with Crippen molar-refractivity contribution >= 4 is 17.5 Å². The maximum Gasteiger partial charge on any atom is 0.227 e. The van der Waals surface area contributed by atoms with Crippen molar-refractivity contribution < 1.29 is 4.74 Å². The number of ether oxygens (including phenoxy) is 1. The van der Waals surface area contributed by atoms with Crippen molar-refractivity contribution in [3.8, 4) is 11.5 Å². The lowest BCUT2D eigenvalue weighted by Gasteiger charge is -2.18. The first-order chi connectivity index (χ1) is 12.3. The predicted octanol–water partition coefficient (Wildman–Crippen LogP) is 4.86. The molecular formula is C20H22N4O. The molecule has 0 spiro atoms. The molecule has 0 aliphatic rings. The molecule has 3 aromatic rings. The van der Waals surface area contributed by atoms with Crippen LogP contribution < -0.4 is 15.0 Å². The van der Waals surface area contributed by atoms with E-state index < -0.39 is 0 Å². The van der Waals surface area contributed by atoms with Crippen LogP contribution >= 0.6 is 0 Å². The molecule has 5 heteroatoms. The maximum atomic E-state index is 5.80. The van der Waals surface area contributed by atoms with Gasteiger partial charge in [0.25, 0.3) is 0 Å². The lowest BCUT2D eigenvalue weighted by molar-refractivity contribution is 0.483. The van der Waals surface area contributed by atoms with E-state index in [-0.39, 0.29) is 0 Å². The summed E-state index contributed by atoms with van der Waals surface area (Å²) in [5.41, 5.74) is 0.949. The van der Waals surface area contributed by atoms with Crippen LogP contribution in [0, 0.1) is 0 Å². The van der Waals surface area contributed by atoms with Crippen LogP contribution in [0.4, 0.5) is 17.5 Å². The van der Waals surface area contributed by atoms with Gasteiger partial charge in [0.2, 0.25) is 5.95 Å². The molecule has 2 aromatic carbocycles. The Bertz CT molecular complexity index is 786. The van der Waals surface area contributed by atoms with E-state index in [1.54, 1.807) is 6.20 Å². The SMILES string of the molecule is CCN(CC)c1nccc(Nc2ccc(Oc3ccccc3)cc2)n1. The molecule has 0 bridgehead atoms. The maximum absolute atomic E-state index is 5.80. The smallest absolute Gasteiger partial charge is 0.227 e. The molecule has 1 aromatic heterocycles. The molecule has 0 unspecified atom stereocenters. The van der Waals surface area contributed by atoms with Crippen LogP contribution in [-0.4, -0.2) is 23.1 Å². The summed E-state index contributed by atoms with van der Waals surface area (Å²) < 4.78 is 5.80. The van der Waals surface area contributed by atoms with Gasteiger partial charge in [-0.15, -0.1) is 0 Å². The zero-order valence-corrected chi connectivity index (χ0v) is 14.5. The number of anilines is 3. The standard InChI is InChI=1S/C20H22N4O/c1-3-24(4-2)20-21-15-14-19(23-20)22-16-10-12-18(13-11-16)25-17-8-6-5-7-9-17/h5-15H,3-4H2,1-2H3,(H,21,22,23). The minimum atomic E-state index is 0.735. The average molecular weight is 334 g/mol. The van der Waals surface area contributed by atoms with E-state index in [1.807, 2.05) is 60.7 Å². The van der Waals surface area contributed by atoms with Crippen LogP contribution in [0.2, 0.25) is 0 Å². The fourth-order valence-electron chi connectivity index (χ4n) is 2.46. The van der Waals surface area contributed by atoms with Gasteiger partial charge in [0, 0.05) is 25.0 Å². The van der Waals surface area contributed by atoms with E-state index in [4.69, 9.17) is 4.74 Å². The van der Waals surface area contributed by atoms with Crippen LogP contribution in [0.25, 0.3) is 0 Å². The molecule has 0 aliphatic heterocycles. The quantitative estimate of drug-likeness (QED) is 0.669. The molecule has 5 nitrogen and oxygen atoms in total. The first kappa shape index (κ1) is 16.8. The van der Waals surface area contributed by atoms with Gasteiger partial charge in [0.05, 0.1) is 0 Å². The summed E-state index contributed by atoms with van der Waals surface area (Å²) in [7, 11) is 0. The van der Waals surface area contributed by atoms with Crippen molar-refractivity contribution in [3.05, 3.63) is 66.9 Å². The van der Waals surface area contributed by atoms with Crippen LogP contribution in [0.15, 0.2) is 66.9 Å². The summed E-state index contributed by atoms with van der Waals surface area (Å²) in [5, 5.41) is 3.31. The van der Waals surface area contributed by atoms with Crippen LogP contribution in [0.5, 0.6) is 11.5 Å². The molecular weight excluding hydrogens is 312 g/mol. The predicted molar refractivity (Wildman–Crippen MR) is 102 cm³/mol. The van der Waals surface area contributed by atoms with Gasteiger partial charge in [-0.1, -0.05) is 18.2 Å².